The molecule has 31 heavy (non-hydrogen) atoms. The molecule has 0 atom stereocenters. The van der Waals surface area contributed by atoms with Crippen molar-refractivity contribution in [1.82, 2.24) is 0 Å². The minimum Gasteiger partial charge on any atom is -0.258 e. The van der Waals surface area contributed by atoms with Crippen molar-refractivity contribution in [2.24, 2.45) is 0 Å². The average molecular weight is 482 g/mol. The third-order valence-corrected chi connectivity index (χ3v) is 3.83. The van der Waals surface area contributed by atoms with Crippen LogP contribution in [0, 0.1) is 20.2 Å². The zero-order valence-corrected chi connectivity index (χ0v) is 14.1. The Kier molecular flexibility index (Phi) is 6.51. The number of nitro groups is 2. The SMILES string of the molecule is O=[N+]([O-])c1ccc(CC(F)(F)C(F)(F)C(F)(F)C(F)(F)C(F)(F)C(F)F)c([N+](=O)[O-])c1. The van der Waals surface area contributed by atoms with Crippen molar-refractivity contribution in [3.63, 3.8) is 0 Å². The average Bonchev–Trinajstić information content (AvgIpc) is 2.60. The van der Waals surface area contributed by atoms with Crippen molar-refractivity contribution in [1.29, 1.82) is 0 Å². The summed E-state index contributed by atoms with van der Waals surface area (Å²) in [5.41, 5.74) is -4.45. The molecular formula is C13H6F12N2O4. The second-order valence-electron chi connectivity index (χ2n) is 5.86. The number of hydrogen-bond acceptors (Lipinski definition) is 4. The van der Waals surface area contributed by atoms with Gasteiger partial charge in [0, 0.05) is 18.1 Å². The van der Waals surface area contributed by atoms with E-state index in [-0.39, 0.29) is 18.2 Å². The Morgan fingerprint density at radius 1 is 0.774 bits per heavy atom. The van der Waals surface area contributed by atoms with E-state index in [1.807, 2.05) is 0 Å². The van der Waals surface area contributed by atoms with Gasteiger partial charge in [-0.2, -0.15) is 43.9 Å². The molecule has 18 heteroatoms. The van der Waals surface area contributed by atoms with Crippen LogP contribution >= 0.6 is 0 Å². The maximum atomic E-state index is 13.9. The fourth-order valence-corrected chi connectivity index (χ4v) is 2.11. The van der Waals surface area contributed by atoms with Gasteiger partial charge in [0.15, 0.2) is 0 Å². The predicted octanol–water partition coefficient (Wildman–Crippen LogP) is 5.49. The third kappa shape index (κ3) is 4.06. The summed E-state index contributed by atoms with van der Waals surface area (Å²) in [5, 5.41) is 21.3. The largest absolute Gasteiger partial charge is 0.384 e. The third-order valence-electron chi connectivity index (χ3n) is 3.83. The molecule has 0 saturated carbocycles. The molecule has 0 fully saturated rings. The van der Waals surface area contributed by atoms with Gasteiger partial charge < -0.3 is 0 Å². The van der Waals surface area contributed by atoms with Crippen LogP contribution in [0.3, 0.4) is 0 Å². The number of non-ortho nitro benzene ring substituents is 1. The Hall–Kier alpha value is -2.82. The first-order chi connectivity index (χ1) is 13.6. The lowest BCUT2D eigenvalue weighted by Crippen LogP contribution is -2.68. The zero-order chi connectivity index (χ0) is 24.8. The van der Waals surface area contributed by atoms with E-state index >= 15 is 0 Å². The first kappa shape index (κ1) is 26.2. The summed E-state index contributed by atoms with van der Waals surface area (Å²) in [5.74, 6) is -36.5. The van der Waals surface area contributed by atoms with Crippen LogP contribution in [0.5, 0.6) is 0 Å². The number of halogens is 12. The van der Waals surface area contributed by atoms with Gasteiger partial charge in [-0.05, 0) is 6.07 Å². The van der Waals surface area contributed by atoms with Gasteiger partial charge in [-0.3, -0.25) is 20.2 Å². The van der Waals surface area contributed by atoms with Gasteiger partial charge in [-0.25, -0.2) is 8.78 Å². The van der Waals surface area contributed by atoms with Crippen LogP contribution in [0.15, 0.2) is 18.2 Å². The quantitative estimate of drug-likeness (QED) is 0.265. The molecule has 0 heterocycles. The molecule has 0 bridgehead atoms. The van der Waals surface area contributed by atoms with E-state index in [9.17, 15) is 72.9 Å². The molecule has 0 aliphatic carbocycles. The molecule has 0 aliphatic heterocycles. The molecule has 0 saturated heterocycles. The summed E-state index contributed by atoms with van der Waals surface area (Å²) in [4.78, 5) is 18.4. The molecule has 0 radical (unpaired) electrons. The van der Waals surface area contributed by atoms with Crippen LogP contribution in [0.4, 0.5) is 64.1 Å². The summed E-state index contributed by atoms with van der Waals surface area (Å²) in [6.45, 7) is 0. The highest BCUT2D eigenvalue weighted by molar-refractivity contribution is 5.49. The van der Waals surface area contributed by atoms with Crippen molar-refractivity contribution < 1.29 is 62.5 Å². The van der Waals surface area contributed by atoms with Crippen molar-refractivity contribution in [2.75, 3.05) is 0 Å². The minimum absolute atomic E-state index is 0.0320. The van der Waals surface area contributed by atoms with Crippen LogP contribution in [-0.4, -0.2) is 45.9 Å². The van der Waals surface area contributed by atoms with E-state index in [2.05, 4.69) is 0 Å². The maximum Gasteiger partial charge on any atom is 0.384 e. The molecule has 0 aliphatic rings. The van der Waals surface area contributed by atoms with Gasteiger partial charge in [0.1, 0.15) is 0 Å². The van der Waals surface area contributed by atoms with Crippen LogP contribution in [0.1, 0.15) is 5.56 Å². The summed E-state index contributed by atoms with van der Waals surface area (Å²) < 4.78 is 158. The van der Waals surface area contributed by atoms with Gasteiger partial charge >= 0.3 is 36.0 Å². The Morgan fingerprint density at radius 2 is 1.26 bits per heavy atom. The van der Waals surface area contributed by atoms with E-state index in [4.69, 9.17) is 0 Å². The molecule has 6 nitrogen and oxygen atoms in total. The van der Waals surface area contributed by atoms with Gasteiger partial charge in [-0.1, -0.05) is 0 Å². The normalized spacial score (nSPS) is 14.1. The van der Waals surface area contributed by atoms with Crippen molar-refractivity contribution in [3.8, 4) is 0 Å². The summed E-state index contributed by atoms with van der Waals surface area (Å²) in [6, 6.07) is 0.208. The lowest BCUT2D eigenvalue weighted by molar-refractivity contribution is -0.413. The van der Waals surface area contributed by atoms with Gasteiger partial charge in [0.2, 0.25) is 0 Å². The van der Waals surface area contributed by atoms with Crippen LogP contribution in [0.25, 0.3) is 0 Å². The maximum absolute atomic E-state index is 13.9. The van der Waals surface area contributed by atoms with Gasteiger partial charge in [0.05, 0.1) is 15.9 Å². The number of nitrogens with zero attached hydrogens (tertiary/aromatic N) is 2. The first-order valence-corrected chi connectivity index (χ1v) is 7.24. The first-order valence-electron chi connectivity index (χ1n) is 7.24. The topological polar surface area (TPSA) is 86.3 Å². The van der Waals surface area contributed by atoms with E-state index in [1.165, 1.54) is 0 Å². The van der Waals surface area contributed by atoms with Gasteiger partial charge in [0.25, 0.3) is 11.4 Å². The fraction of sp³-hybridized carbons (Fsp3) is 0.538. The monoisotopic (exact) mass is 482 g/mol. The smallest absolute Gasteiger partial charge is 0.258 e. The molecular weight excluding hydrogens is 476 g/mol. The molecule has 0 unspecified atom stereocenters. The van der Waals surface area contributed by atoms with Crippen molar-refractivity contribution in [2.45, 2.75) is 42.5 Å². The highest BCUT2D eigenvalue weighted by Crippen LogP contribution is 2.58. The van der Waals surface area contributed by atoms with Crippen LogP contribution in [-0.2, 0) is 6.42 Å². The Morgan fingerprint density at radius 3 is 1.65 bits per heavy atom. The number of rotatable bonds is 9. The van der Waals surface area contributed by atoms with Crippen LogP contribution in [0.2, 0.25) is 0 Å². The molecule has 0 aromatic heterocycles. The summed E-state index contributed by atoms with van der Waals surface area (Å²) >= 11 is 0. The summed E-state index contributed by atoms with van der Waals surface area (Å²) in [7, 11) is 0. The van der Waals surface area contributed by atoms with Gasteiger partial charge in [-0.15, -0.1) is 0 Å². The number of alkyl halides is 12. The highest BCUT2D eigenvalue weighted by Gasteiger charge is 2.87. The molecule has 1 aromatic carbocycles. The number of nitro benzene ring substituents is 2. The second kappa shape index (κ2) is 7.70. The van der Waals surface area contributed by atoms with E-state index in [1.54, 1.807) is 0 Å². The van der Waals surface area contributed by atoms with Crippen LogP contribution < -0.4 is 0 Å². The number of hydrogen-bond donors (Lipinski definition) is 0. The lowest BCUT2D eigenvalue weighted by atomic mass is 9.91. The Balaban J connectivity index is 3.53. The predicted molar refractivity (Wildman–Crippen MR) is 74.2 cm³/mol. The van der Waals surface area contributed by atoms with E-state index < -0.39 is 69.2 Å². The highest BCUT2D eigenvalue weighted by atomic mass is 19.4. The lowest BCUT2D eigenvalue weighted by Gasteiger charge is -2.39. The fourth-order valence-electron chi connectivity index (χ4n) is 2.11. The molecule has 0 N–H and O–H groups in total. The molecule has 1 aromatic rings. The second-order valence-corrected chi connectivity index (χ2v) is 5.86. The molecule has 1 rings (SSSR count). The standard InChI is InChI=1S/C13H6F12N2O4/c14-8(15)10(18,19)12(22,23)13(24,25)11(20,21)9(16,17)4-5-1-2-6(26(28)29)3-7(5)27(30)31/h1-3,8H,4H2. The van der Waals surface area contributed by atoms with Crippen molar-refractivity contribution in [3.05, 3.63) is 44.0 Å². The molecule has 0 spiro atoms. The van der Waals surface area contributed by atoms with Crippen molar-refractivity contribution >= 4 is 11.4 Å². The molecule has 0 amide bonds. The van der Waals surface area contributed by atoms with E-state index in [0.29, 0.717) is 0 Å². The zero-order valence-electron chi connectivity index (χ0n) is 14.1. The Bertz CT molecular complexity index is 874. The number of benzene rings is 1. The summed E-state index contributed by atoms with van der Waals surface area (Å²) in [6.07, 6.45) is -8.53. The Labute approximate surface area is 161 Å². The molecule has 176 valence electrons. The minimum atomic E-state index is -7.78. The van der Waals surface area contributed by atoms with E-state index in [0.717, 1.165) is 0 Å².